The molecule has 2 aliphatic rings. The van der Waals surface area contributed by atoms with E-state index in [9.17, 15) is 14.4 Å². The van der Waals surface area contributed by atoms with Crippen molar-refractivity contribution in [2.75, 3.05) is 31.1 Å². The maximum atomic E-state index is 12.4. The predicted molar refractivity (Wildman–Crippen MR) is 102 cm³/mol. The Morgan fingerprint density at radius 1 is 1.11 bits per heavy atom. The Kier molecular flexibility index (Phi) is 6.48. The van der Waals surface area contributed by atoms with Crippen LogP contribution in [0.15, 0.2) is 24.3 Å². The number of ether oxygens (including phenoxy) is 1. The maximum Gasteiger partial charge on any atom is 0.311 e. The van der Waals surface area contributed by atoms with E-state index in [2.05, 4.69) is 0 Å². The number of carbonyl (C=O) groups is 3. The van der Waals surface area contributed by atoms with E-state index in [0.29, 0.717) is 6.54 Å². The molecule has 1 aromatic carbocycles. The summed E-state index contributed by atoms with van der Waals surface area (Å²) in [5.41, 5.74) is 1.94. The van der Waals surface area contributed by atoms with Crippen LogP contribution in [0.4, 0.5) is 5.69 Å². The average molecular weight is 372 g/mol. The fourth-order valence-electron chi connectivity index (χ4n) is 3.83. The molecule has 2 heterocycles. The van der Waals surface area contributed by atoms with Gasteiger partial charge in [-0.25, -0.2) is 0 Å². The number of hydrogen-bond acceptors (Lipinski definition) is 4. The Hall–Kier alpha value is -2.37. The molecule has 1 aromatic rings. The van der Waals surface area contributed by atoms with Crippen molar-refractivity contribution in [2.24, 2.45) is 5.92 Å². The highest BCUT2D eigenvalue weighted by Crippen LogP contribution is 2.29. The molecule has 1 unspecified atom stereocenters. The molecule has 6 heteroatoms. The fourth-order valence-corrected chi connectivity index (χ4v) is 3.83. The Morgan fingerprint density at radius 3 is 2.52 bits per heavy atom. The van der Waals surface area contributed by atoms with E-state index in [1.165, 1.54) is 0 Å². The molecule has 0 bridgehead atoms. The standard InChI is InChI=1S/C21H28N2O4/c1-2-16-9-5-6-10-18(16)23-14-17(13-19(23)24)21(26)27-15-20(25)22-11-7-3-4-8-12-22/h5-6,9-10,17H,2-4,7-8,11-15H2,1H3. The fraction of sp³-hybridized carbons (Fsp3) is 0.571. The first-order valence-corrected chi connectivity index (χ1v) is 9.92. The van der Waals surface area contributed by atoms with Gasteiger partial charge >= 0.3 is 5.97 Å². The van der Waals surface area contributed by atoms with E-state index in [0.717, 1.165) is 56.4 Å². The Labute approximate surface area is 160 Å². The lowest BCUT2D eigenvalue weighted by Gasteiger charge is -2.21. The predicted octanol–water partition coefficient (Wildman–Crippen LogP) is 2.55. The number of amides is 2. The third-order valence-corrected chi connectivity index (χ3v) is 5.42. The summed E-state index contributed by atoms with van der Waals surface area (Å²) in [6.07, 6.45) is 5.24. The molecule has 27 heavy (non-hydrogen) atoms. The highest BCUT2D eigenvalue weighted by molar-refractivity contribution is 6.00. The first-order chi connectivity index (χ1) is 13.1. The first-order valence-electron chi connectivity index (χ1n) is 9.92. The van der Waals surface area contributed by atoms with Crippen molar-refractivity contribution in [3.63, 3.8) is 0 Å². The molecule has 2 saturated heterocycles. The summed E-state index contributed by atoms with van der Waals surface area (Å²) in [6.45, 7) is 3.60. The van der Waals surface area contributed by atoms with E-state index >= 15 is 0 Å². The minimum atomic E-state index is -0.514. The quantitative estimate of drug-likeness (QED) is 0.745. The van der Waals surface area contributed by atoms with Crippen LogP contribution in [0.1, 0.15) is 44.6 Å². The second kappa shape index (κ2) is 9.02. The van der Waals surface area contributed by atoms with Crippen LogP contribution in [-0.2, 0) is 25.5 Å². The number of hydrogen-bond donors (Lipinski definition) is 0. The normalized spacial score (nSPS) is 20.5. The van der Waals surface area contributed by atoms with Gasteiger partial charge in [0.25, 0.3) is 5.91 Å². The van der Waals surface area contributed by atoms with Crippen LogP contribution in [0.5, 0.6) is 0 Å². The van der Waals surface area contributed by atoms with E-state index in [4.69, 9.17) is 4.74 Å². The lowest BCUT2D eigenvalue weighted by atomic mass is 10.1. The van der Waals surface area contributed by atoms with Gasteiger partial charge in [-0.05, 0) is 30.9 Å². The number of aryl methyl sites for hydroxylation is 1. The van der Waals surface area contributed by atoms with E-state index in [-0.39, 0.29) is 24.8 Å². The number of esters is 1. The number of carbonyl (C=O) groups excluding carboxylic acids is 3. The molecule has 146 valence electrons. The lowest BCUT2D eigenvalue weighted by Crippen LogP contribution is -2.36. The van der Waals surface area contributed by atoms with Gasteiger partial charge in [-0.2, -0.15) is 0 Å². The van der Waals surface area contributed by atoms with E-state index in [1.807, 2.05) is 31.2 Å². The van der Waals surface area contributed by atoms with Crippen molar-refractivity contribution in [1.29, 1.82) is 0 Å². The summed E-state index contributed by atoms with van der Waals surface area (Å²) in [5, 5.41) is 0. The minimum Gasteiger partial charge on any atom is -0.455 e. The van der Waals surface area contributed by atoms with Gasteiger partial charge in [-0.1, -0.05) is 38.0 Å². The summed E-state index contributed by atoms with van der Waals surface area (Å²) in [4.78, 5) is 40.6. The topological polar surface area (TPSA) is 66.9 Å². The van der Waals surface area contributed by atoms with Gasteiger partial charge in [0.1, 0.15) is 0 Å². The van der Waals surface area contributed by atoms with Crippen LogP contribution in [0.25, 0.3) is 0 Å². The average Bonchev–Trinajstić information content (AvgIpc) is 2.89. The van der Waals surface area contributed by atoms with Crippen LogP contribution in [0.2, 0.25) is 0 Å². The van der Waals surface area contributed by atoms with Crippen molar-refractivity contribution < 1.29 is 19.1 Å². The van der Waals surface area contributed by atoms with Gasteiger partial charge in [0.15, 0.2) is 6.61 Å². The maximum absolute atomic E-state index is 12.4. The van der Waals surface area contributed by atoms with Gasteiger partial charge in [0.05, 0.1) is 5.92 Å². The second-order valence-electron chi connectivity index (χ2n) is 7.29. The zero-order chi connectivity index (χ0) is 19.2. The van der Waals surface area contributed by atoms with Crippen LogP contribution in [-0.4, -0.2) is 48.9 Å². The van der Waals surface area contributed by atoms with Gasteiger partial charge in [-0.15, -0.1) is 0 Å². The zero-order valence-corrected chi connectivity index (χ0v) is 16.0. The molecule has 3 rings (SSSR count). The number of para-hydroxylation sites is 1. The highest BCUT2D eigenvalue weighted by atomic mass is 16.5. The minimum absolute atomic E-state index is 0.0725. The molecule has 0 radical (unpaired) electrons. The molecule has 2 aliphatic heterocycles. The van der Waals surface area contributed by atoms with Crippen LogP contribution in [0, 0.1) is 5.92 Å². The Morgan fingerprint density at radius 2 is 1.81 bits per heavy atom. The van der Waals surface area contributed by atoms with Crippen molar-refractivity contribution in [3.8, 4) is 0 Å². The molecule has 2 amide bonds. The zero-order valence-electron chi connectivity index (χ0n) is 16.0. The molecule has 1 atom stereocenters. The molecule has 6 nitrogen and oxygen atoms in total. The van der Waals surface area contributed by atoms with Crippen molar-refractivity contribution in [3.05, 3.63) is 29.8 Å². The highest BCUT2D eigenvalue weighted by Gasteiger charge is 2.37. The molecule has 2 fully saturated rings. The van der Waals surface area contributed by atoms with Crippen LogP contribution >= 0.6 is 0 Å². The summed E-state index contributed by atoms with van der Waals surface area (Å²) in [5.74, 6) is -1.18. The largest absolute Gasteiger partial charge is 0.455 e. The second-order valence-corrected chi connectivity index (χ2v) is 7.29. The Balaban J connectivity index is 1.55. The van der Waals surface area contributed by atoms with Crippen LogP contribution < -0.4 is 4.90 Å². The monoisotopic (exact) mass is 372 g/mol. The lowest BCUT2D eigenvalue weighted by molar-refractivity contribution is -0.155. The number of rotatable bonds is 5. The SMILES string of the molecule is CCc1ccccc1N1CC(C(=O)OCC(=O)N2CCCCCC2)CC1=O. The summed E-state index contributed by atoms with van der Waals surface area (Å²) < 4.78 is 5.26. The number of nitrogens with zero attached hydrogens (tertiary/aromatic N) is 2. The molecular formula is C21H28N2O4. The summed E-state index contributed by atoms with van der Waals surface area (Å²) >= 11 is 0. The first kappa shape index (κ1) is 19.4. The molecular weight excluding hydrogens is 344 g/mol. The number of likely N-dealkylation sites (tertiary alicyclic amines) is 1. The van der Waals surface area contributed by atoms with E-state index in [1.54, 1.807) is 9.80 Å². The smallest absolute Gasteiger partial charge is 0.311 e. The molecule has 0 aromatic heterocycles. The third kappa shape index (κ3) is 4.67. The molecule has 0 aliphatic carbocycles. The Bertz CT molecular complexity index is 695. The van der Waals surface area contributed by atoms with Gasteiger partial charge in [-0.3, -0.25) is 14.4 Å². The summed E-state index contributed by atoms with van der Waals surface area (Å²) in [7, 11) is 0. The van der Waals surface area contributed by atoms with E-state index < -0.39 is 11.9 Å². The van der Waals surface area contributed by atoms with Gasteiger partial charge in [0, 0.05) is 31.7 Å². The summed E-state index contributed by atoms with van der Waals surface area (Å²) in [6, 6.07) is 7.75. The van der Waals surface area contributed by atoms with Gasteiger partial charge < -0.3 is 14.5 Å². The van der Waals surface area contributed by atoms with Gasteiger partial charge in [0.2, 0.25) is 5.91 Å². The molecule has 0 spiro atoms. The third-order valence-electron chi connectivity index (χ3n) is 5.42. The van der Waals surface area contributed by atoms with Crippen molar-refractivity contribution >= 4 is 23.5 Å². The van der Waals surface area contributed by atoms with Crippen molar-refractivity contribution in [1.82, 2.24) is 4.90 Å². The van der Waals surface area contributed by atoms with Crippen molar-refractivity contribution in [2.45, 2.75) is 45.4 Å². The number of benzene rings is 1. The molecule has 0 saturated carbocycles. The molecule has 0 N–H and O–H groups in total. The van der Waals surface area contributed by atoms with Crippen LogP contribution in [0.3, 0.4) is 0 Å². The number of anilines is 1.